The quantitative estimate of drug-likeness (QED) is 0.537. The topological polar surface area (TPSA) is 24.9 Å². The van der Waals surface area contributed by atoms with Crippen LogP contribution in [0.25, 0.3) is 0 Å². The molecule has 0 saturated carbocycles. The van der Waals surface area contributed by atoms with Crippen LogP contribution in [0.4, 0.5) is 0 Å². The second-order valence-electron chi connectivity index (χ2n) is 3.58. The van der Waals surface area contributed by atoms with Gasteiger partial charge in [0.05, 0.1) is 19.4 Å². The zero-order valence-electron chi connectivity index (χ0n) is 10.1. The summed E-state index contributed by atoms with van der Waals surface area (Å²) in [5, 5.41) is 0. The summed E-state index contributed by atoms with van der Waals surface area (Å²) in [6.07, 6.45) is 0.417. The fraction of sp³-hybridized carbons (Fsp3) is 1.00. The Hall–Kier alpha value is -0.160. The first-order chi connectivity index (χ1) is 6.63. The zero-order valence-corrected chi connectivity index (χ0v) is 10.1. The Morgan fingerprint density at radius 2 is 1.29 bits per heavy atom. The van der Waals surface area contributed by atoms with Gasteiger partial charge in [0.15, 0.2) is 0 Å². The molecule has 4 nitrogen and oxygen atoms in total. The third kappa shape index (κ3) is 5.54. The van der Waals surface area contributed by atoms with Crippen molar-refractivity contribution in [3.63, 3.8) is 0 Å². The maximum Gasteiger partial charge on any atom is 0.0590 e. The van der Waals surface area contributed by atoms with E-state index in [1.54, 1.807) is 14.2 Å². The molecule has 0 bridgehead atoms. The number of ether oxygens (including phenoxy) is 2. The van der Waals surface area contributed by atoms with Crippen molar-refractivity contribution in [1.82, 2.24) is 9.80 Å². The second kappa shape index (κ2) is 8.17. The molecule has 0 radical (unpaired) electrons. The van der Waals surface area contributed by atoms with Crippen molar-refractivity contribution in [1.29, 1.82) is 0 Å². The van der Waals surface area contributed by atoms with Gasteiger partial charge >= 0.3 is 0 Å². The fourth-order valence-corrected chi connectivity index (χ4v) is 1.18. The lowest BCUT2D eigenvalue weighted by Gasteiger charge is -2.32. The van der Waals surface area contributed by atoms with Crippen molar-refractivity contribution in [2.24, 2.45) is 0 Å². The fourth-order valence-electron chi connectivity index (χ4n) is 1.18. The van der Waals surface area contributed by atoms with Gasteiger partial charge in [-0.25, -0.2) is 0 Å². The van der Waals surface area contributed by atoms with Crippen LogP contribution in [-0.4, -0.2) is 70.6 Å². The van der Waals surface area contributed by atoms with Crippen LogP contribution in [0.15, 0.2) is 0 Å². The van der Waals surface area contributed by atoms with E-state index < -0.39 is 0 Å². The summed E-state index contributed by atoms with van der Waals surface area (Å²) in [5.74, 6) is 0. The highest BCUT2D eigenvalue weighted by atomic mass is 16.5. The molecule has 86 valence electrons. The van der Waals surface area contributed by atoms with Crippen LogP contribution < -0.4 is 0 Å². The van der Waals surface area contributed by atoms with Gasteiger partial charge in [-0.15, -0.1) is 0 Å². The van der Waals surface area contributed by atoms with Gasteiger partial charge in [0, 0.05) is 27.3 Å². The lowest BCUT2D eigenvalue weighted by Crippen LogP contribution is -2.44. The summed E-state index contributed by atoms with van der Waals surface area (Å²) in [5.41, 5.74) is 0. The van der Waals surface area contributed by atoms with Gasteiger partial charge in [-0.2, -0.15) is 0 Å². The van der Waals surface area contributed by atoms with E-state index in [2.05, 4.69) is 30.8 Å². The van der Waals surface area contributed by atoms with E-state index in [1.165, 1.54) is 0 Å². The van der Waals surface area contributed by atoms with Crippen LogP contribution in [0.3, 0.4) is 0 Å². The number of rotatable bonds is 8. The first-order valence-corrected chi connectivity index (χ1v) is 5.01. The average Bonchev–Trinajstić information content (AvgIpc) is 2.21. The largest absolute Gasteiger partial charge is 0.383 e. The van der Waals surface area contributed by atoms with Gasteiger partial charge in [-0.1, -0.05) is 0 Å². The Labute approximate surface area is 87.8 Å². The number of likely N-dealkylation sites (N-methyl/N-ethyl adjacent to an activating group) is 2. The summed E-state index contributed by atoms with van der Waals surface area (Å²) in [6.45, 7) is 5.65. The third-order valence-corrected chi connectivity index (χ3v) is 2.57. The van der Waals surface area contributed by atoms with Crippen molar-refractivity contribution in [2.75, 3.05) is 54.6 Å². The summed E-state index contributed by atoms with van der Waals surface area (Å²) >= 11 is 0. The van der Waals surface area contributed by atoms with Crippen LogP contribution in [0.2, 0.25) is 0 Å². The molecule has 0 aromatic carbocycles. The minimum absolute atomic E-state index is 0.417. The van der Waals surface area contributed by atoms with Crippen molar-refractivity contribution in [3.8, 4) is 0 Å². The van der Waals surface area contributed by atoms with Gasteiger partial charge in [-0.3, -0.25) is 9.80 Å². The smallest absolute Gasteiger partial charge is 0.0590 e. The van der Waals surface area contributed by atoms with Gasteiger partial charge in [-0.05, 0) is 21.0 Å². The Bertz CT molecular complexity index is 119. The first-order valence-electron chi connectivity index (χ1n) is 5.01. The number of hydrogen-bond donors (Lipinski definition) is 0. The molecule has 0 aliphatic heterocycles. The molecule has 0 aromatic heterocycles. The van der Waals surface area contributed by atoms with Crippen molar-refractivity contribution in [2.45, 2.75) is 13.1 Å². The Morgan fingerprint density at radius 3 is 1.57 bits per heavy atom. The molecule has 0 fully saturated rings. The van der Waals surface area contributed by atoms with Gasteiger partial charge < -0.3 is 9.47 Å². The van der Waals surface area contributed by atoms with Crippen molar-refractivity contribution in [3.05, 3.63) is 0 Å². The molecule has 0 spiro atoms. The van der Waals surface area contributed by atoms with Gasteiger partial charge in [0.1, 0.15) is 0 Å². The lowest BCUT2D eigenvalue weighted by molar-refractivity contribution is 0.0527. The summed E-state index contributed by atoms with van der Waals surface area (Å²) < 4.78 is 10.1. The molecule has 0 N–H and O–H groups in total. The van der Waals surface area contributed by atoms with Crippen LogP contribution in [0.5, 0.6) is 0 Å². The molecule has 0 aliphatic rings. The minimum atomic E-state index is 0.417. The van der Waals surface area contributed by atoms with Crippen molar-refractivity contribution >= 4 is 0 Å². The molecule has 0 saturated heterocycles. The number of nitrogens with zero attached hydrogens (tertiary/aromatic N) is 2. The molecule has 0 amide bonds. The minimum Gasteiger partial charge on any atom is -0.383 e. The summed E-state index contributed by atoms with van der Waals surface area (Å²) in [7, 11) is 7.67. The summed E-state index contributed by atoms with van der Waals surface area (Å²) in [6, 6.07) is 0. The maximum absolute atomic E-state index is 5.04. The van der Waals surface area contributed by atoms with Crippen molar-refractivity contribution < 1.29 is 9.47 Å². The second-order valence-corrected chi connectivity index (χ2v) is 3.58. The highest BCUT2D eigenvalue weighted by Crippen LogP contribution is 2.00. The molecule has 0 aliphatic carbocycles. The number of hydrogen-bond acceptors (Lipinski definition) is 4. The molecule has 0 rings (SSSR count). The Balaban J connectivity index is 3.72. The SMILES string of the molecule is COCCN(C)C(C)N(C)CCOC. The van der Waals surface area contributed by atoms with E-state index in [-0.39, 0.29) is 0 Å². The molecule has 14 heavy (non-hydrogen) atoms. The molecular weight excluding hydrogens is 180 g/mol. The highest BCUT2D eigenvalue weighted by Gasteiger charge is 2.13. The molecule has 4 heteroatoms. The lowest BCUT2D eigenvalue weighted by atomic mass is 10.4. The van der Waals surface area contributed by atoms with E-state index in [0.717, 1.165) is 26.3 Å². The third-order valence-electron chi connectivity index (χ3n) is 2.57. The van der Waals surface area contributed by atoms with Crippen LogP contribution in [0, 0.1) is 0 Å². The van der Waals surface area contributed by atoms with Gasteiger partial charge in [0.25, 0.3) is 0 Å². The Kier molecular flexibility index (Phi) is 8.08. The van der Waals surface area contributed by atoms with Crippen LogP contribution in [-0.2, 0) is 9.47 Å². The molecule has 0 heterocycles. The van der Waals surface area contributed by atoms with E-state index >= 15 is 0 Å². The zero-order chi connectivity index (χ0) is 11.0. The first kappa shape index (κ1) is 13.8. The normalized spacial score (nSPS) is 12.0. The average molecular weight is 204 g/mol. The van der Waals surface area contributed by atoms with Crippen LogP contribution >= 0.6 is 0 Å². The predicted molar refractivity (Wildman–Crippen MR) is 58.5 cm³/mol. The molecule has 0 atom stereocenters. The highest BCUT2D eigenvalue weighted by molar-refractivity contribution is 4.62. The summed E-state index contributed by atoms with van der Waals surface area (Å²) in [4.78, 5) is 4.53. The maximum atomic E-state index is 5.04. The Morgan fingerprint density at radius 1 is 0.929 bits per heavy atom. The van der Waals surface area contributed by atoms with E-state index in [1.807, 2.05) is 0 Å². The van der Waals surface area contributed by atoms with E-state index in [0.29, 0.717) is 6.17 Å². The molecular formula is C10H24N2O2. The predicted octanol–water partition coefficient (Wildman–Crippen LogP) is 0.489. The van der Waals surface area contributed by atoms with Gasteiger partial charge in [0.2, 0.25) is 0 Å². The van der Waals surface area contributed by atoms with E-state index in [4.69, 9.17) is 9.47 Å². The standard InChI is InChI=1S/C10H24N2O2/c1-10(11(2)6-8-13-4)12(3)7-9-14-5/h10H,6-9H2,1-5H3. The molecule has 0 unspecified atom stereocenters. The number of methoxy groups -OCH3 is 2. The molecule has 0 aromatic rings. The van der Waals surface area contributed by atoms with E-state index in [9.17, 15) is 0 Å². The monoisotopic (exact) mass is 204 g/mol. The van der Waals surface area contributed by atoms with Crippen LogP contribution in [0.1, 0.15) is 6.92 Å².